The van der Waals surface area contributed by atoms with Gasteiger partial charge in [0.15, 0.2) is 12.2 Å². The van der Waals surface area contributed by atoms with Crippen LogP contribution in [0, 0.1) is 0 Å². The Balaban J connectivity index is 2.15. The first kappa shape index (κ1) is 8.42. The summed E-state index contributed by atoms with van der Waals surface area (Å²) in [6, 6.07) is 0. The Bertz CT molecular complexity index is 454. The van der Waals surface area contributed by atoms with Gasteiger partial charge in [-0.25, -0.2) is 9.98 Å². The number of nitrogens with one attached hydrogen (secondary N) is 1. The van der Waals surface area contributed by atoms with E-state index < -0.39 is 23.7 Å². The molecule has 0 aromatic carbocycles. The Morgan fingerprint density at radius 1 is 1.73 bits per heavy atom. The highest BCUT2D eigenvalue weighted by atomic mass is 16.6. The van der Waals surface area contributed by atoms with Crippen LogP contribution < -0.4 is 5.73 Å². The molecule has 2 bridgehead atoms. The number of nitrogens with zero attached hydrogens (tertiary/aromatic N) is 2. The fraction of sp³-hybridized carbons (Fsp3) is 0.375. The largest absolute Gasteiger partial charge is 0.469 e. The summed E-state index contributed by atoms with van der Waals surface area (Å²) in [4.78, 5) is 22.1. The monoisotopic (exact) mass is 208 g/mol. The van der Waals surface area contributed by atoms with Crippen LogP contribution in [0.3, 0.4) is 0 Å². The third-order valence-corrected chi connectivity index (χ3v) is 2.77. The number of hydrogen-bond donors (Lipinski definition) is 3. The highest BCUT2D eigenvalue weighted by Gasteiger charge is 2.65. The molecule has 0 spiro atoms. The maximum Gasteiger partial charge on any atom is 0.255 e. The molecule has 15 heavy (non-hydrogen) atoms. The van der Waals surface area contributed by atoms with Gasteiger partial charge in [-0.05, 0) is 0 Å². The summed E-state index contributed by atoms with van der Waals surface area (Å²) in [7, 11) is 0. The van der Waals surface area contributed by atoms with Crippen molar-refractivity contribution in [2.75, 3.05) is 0 Å². The van der Waals surface area contributed by atoms with Crippen LogP contribution in [0.5, 0.6) is 0 Å². The number of imidazole rings is 1. The number of fused-ring (bicyclic) bond motifs is 1. The van der Waals surface area contributed by atoms with Crippen molar-refractivity contribution in [1.29, 1.82) is 0 Å². The van der Waals surface area contributed by atoms with Gasteiger partial charge in [0.1, 0.15) is 0 Å². The summed E-state index contributed by atoms with van der Waals surface area (Å²) >= 11 is 0. The lowest BCUT2D eigenvalue weighted by Gasteiger charge is -2.33. The van der Waals surface area contributed by atoms with E-state index >= 15 is 0 Å². The van der Waals surface area contributed by atoms with E-state index in [1.165, 1.54) is 12.5 Å². The minimum atomic E-state index is -1.34. The number of aromatic nitrogens is 2. The first-order valence-corrected chi connectivity index (χ1v) is 4.39. The number of carbonyl (C=O) groups is 1. The van der Waals surface area contributed by atoms with E-state index in [-0.39, 0.29) is 5.90 Å². The quantitative estimate of drug-likeness (QED) is 0.535. The molecule has 7 nitrogen and oxygen atoms in total. The second-order valence-electron chi connectivity index (χ2n) is 3.53. The third kappa shape index (κ3) is 0.769. The molecular weight excluding hydrogens is 200 g/mol. The molecule has 0 aliphatic carbocycles. The number of hydrogen-bond acceptors (Lipinski definition) is 5. The Morgan fingerprint density at radius 3 is 2.93 bits per heavy atom. The van der Waals surface area contributed by atoms with E-state index in [1.807, 2.05) is 0 Å². The van der Waals surface area contributed by atoms with E-state index in [4.69, 9.17) is 10.5 Å². The Kier molecular flexibility index (Phi) is 1.33. The molecule has 2 unspecified atom stereocenters. The number of rotatable bonds is 2. The zero-order chi connectivity index (χ0) is 10.6. The van der Waals surface area contributed by atoms with Gasteiger partial charge in [-0.3, -0.25) is 4.79 Å². The van der Waals surface area contributed by atoms with E-state index in [9.17, 15) is 9.90 Å². The molecule has 1 aromatic heterocycles. The number of H-pyrrole nitrogens is 1. The van der Waals surface area contributed by atoms with Gasteiger partial charge in [-0.15, -0.1) is 0 Å². The highest BCUT2D eigenvalue weighted by Crippen LogP contribution is 2.44. The standard InChI is InChI=1S/C8H8N4O3/c9-7(14)8(3-1-10-2-11-3)5-4(13)6(12-8)15-5/h1-2,4-5,13H,(H2,9,14)(H,10,11)/t4?,5?,8-/m0/s1. The van der Waals surface area contributed by atoms with Crippen LogP contribution in [-0.4, -0.2) is 39.1 Å². The smallest absolute Gasteiger partial charge is 0.255 e. The average Bonchev–Trinajstić information content (AvgIpc) is 2.88. The third-order valence-electron chi connectivity index (χ3n) is 2.77. The topological polar surface area (TPSA) is 114 Å². The van der Waals surface area contributed by atoms with Crippen molar-refractivity contribution >= 4 is 11.8 Å². The molecule has 1 aromatic rings. The van der Waals surface area contributed by atoms with E-state index in [0.29, 0.717) is 5.69 Å². The molecule has 0 saturated carbocycles. The van der Waals surface area contributed by atoms with E-state index in [2.05, 4.69) is 15.0 Å². The van der Waals surface area contributed by atoms with Crippen LogP contribution in [0.1, 0.15) is 5.69 Å². The lowest BCUT2D eigenvalue weighted by Crippen LogP contribution is -2.57. The Labute approximate surface area is 84.0 Å². The van der Waals surface area contributed by atoms with Gasteiger partial charge in [-0.2, -0.15) is 0 Å². The molecule has 0 radical (unpaired) electrons. The van der Waals surface area contributed by atoms with Gasteiger partial charge in [0, 0.05) is 0 Å². The van der Waals surface area contributed by atoms with Crippen LogP contribution in [0.25, 0.3) is 0 Å². The fourth-order valence-electron chi connectivity index (χ4n) is 1.97. The summed E-state index contributed by atoms with van der Waals surface area (Å²) in [5.74, 6) is -0.503. The van der Waals surface area contributed by atoms with Crippen molar-refractivity contribution in [2.45, 2.75) is 17.7 Å². The molecule has 4 N–H and O–H groups in total. The van der Waals surface area contributed by atoms with Crippen LogP contribution in [0.4, 0.5) is 0 Å². The van der Waals surface area contributed by atoms with Crippen LogP contribution in [-0.2, 0) is 15.1 Å². The van der Waals surface area contributed by atoms with Crippen molar-refractivity contribution < 1.29 is 14.6 Å². The number of primary amides is 1. The van der Waals surface area contributed by atoms with Gasteiger partial charge in [0.05, 0.1) is 18.2 Å². The highest BCUT2D eigenvalue weighted by molar-refractivity contribution is 6.00. The van der Waals surface area contributed by atoms with Crippen LogP contribution in [0.15, 0.2) is 17.5 Å². The molecule has 4 heterocycles. The lowest BCUT2D eigenvalue weighted by molar-refractivity contribution is -0.130. The van der Waals surface area contributed by atoms with Gasteiger partial charge in [0.2, 0.25) is 11.4 Å². The summed E-state index contributed by atoms with van der Waals surface area (Å²) in [6.07, 6.45) is 1.29. The van der Waals surface area contributed by atoms with Gasteiger partial charge in [-0.1, -0.05) is 0 Å². The Morgan fingerprint density at radius 2 is 2.53 bits per heavy atom. The van der Waals surface area contributed by atoms with Gasteiger partial charge >= 0.3 is 0 Å². The number of amides is 1. The number of aliphatic imine (C=N–C) groups is 1. The number of ether oxygens (including phenoxy) is 1. The van der Waals surface area contributed by atoms with E-state index in [0.717, 1.165) is 0 Å². The maximum absolute atomic E-state index is 11.5. The Hall–Kier alpha value is -1.89. The lowest BCUT2D eigenvalue weighted by atomic mass is 9.87. The van der Waals surface area contributed by atoms with Crippen molar-refractivity contribution in [3.8, 4) is 0 Å². The van der Waals surface area contributed by atoms with Crippen molar-refractivity contribution in [1.82, 2.24) is 9.97 Å². The number of aliphatic hydroxyl groups excluding tert-OH is 1. The molecular formula is C8H8N4O3. The van der Waals surface area contributed by atoms with E-state index in [1.54, 1.807) is 0 Å². The summed E-state index contributed by atoms with van der Waals surface area (Å²) in [6.45, 7) is 0. The summed E-state index contributed by atoms with van der Waals surface area (Å²) in [5, 5.41) is 9.53. The number of nitrogens with two attached hydrogens (primary N) is 1. The minimum absolute atomic E-state index is 0.161. The molecule has 1 fully saturated rings. The average molecular weight is 208 g/mol. The summed E-state index contributed by atoms with van der Waals surface area (Å²) < 4.78 is 5.11. The fourth-order valence-corrected chi connectivity index (χ4v) is 1.97. The molecule has 3 aliphatic rings. The maximum atomic E-state index is 11.5. The van der Waals surface area contributed by atoms with Crippen LogP contribution in [0.2, 0.25) is 0 Å². The SMILES string of the molecule is NC(=O)[C@@]1(c2cnc[nH]2)N=C2OC1C2O. The minimum Gasteiger partial charge on any atom is -0.469 e. The molecule has 1 amide bonds. The summed E-state index contributed by atoms with van der Waals surface area (Å²) in [5.41, 5.74) is 4.41. The number of carbonyl (C=O) groups excluding carboxylic acids is 1. The predicted octanol–water partition coefficient (Wildman–Crippen LogP) is -1.74. The number of aromatic amines is 1. The van der Waals surface area contributed by atoms with Gasteiger partial charge < -0.3 is 20.6 Å². The first-order chi connectivity index (χ1) is 7.16. The second kappa shape index (κ2) is 2.37. The zero-order valence-corrected chi connectivity index (χ0v) is 7.54. The molecule has 78 valence electrons. The first-order valence-electron chi connectivity index (χ1n) is 4.39. The molecule has 3 atom stereocenters. The number of aliphatic hydroxyl groups is 1. The predicted molar refractivity (Wildman–Crippen MR) is 47.8 cm³/mol. The second-order valence-corrected chi connectivity index (χ2v) is 3.53. The normalized spacial score (nSPS) is 36.7. The van der Waals surface area contributed by atoms with Crippen molar-refractivity contribution in [3.05, 3.63) is 18.2 Å². The zero-order valence-electron chi connectivity index (χ0n) is 7.54. The molecule has 1 saturated heterocycles. The van der Waals surface area contributed by atoms with Crippen LogP contribution >= 0.6 is 0 Å². The molecule has 3 aliphatic heterocycles. The molecule has 7 heteroatoms. The van der Waals surface area contributed by atoms with Gasteiger partial charge in [0.25, 0.3) is 5.91 Å². The molecule has 4 rings (SSSR count). The van der Waals surface area contributed by atoms with Crippen molar-refractivity contribution in [3.63, 3.8) is 0 Å². The van der Waals surface area contributed by atoms with Crippen molar-refractivity contribution in [2.24, 2.45) is 10.7 Å².